The lowest BCUT2D eigenvalue weighted by atomic mass is 9.88. The average Bonchev–Trinajstić information content (AvgIpc) is 1.50. The summed E-state index contributed by atoms with van der Waals surface area (Å²) in [5.74, 6) is 8.16. The van der Waals surface area contributed by atoms with Gasteiger partial charge < -0.3 is 28.7 Å². The normalized spacial score (nSPS) is 13.1. The third-order valence-electron chi connectivity index (χ3n) is 16.6. The predicted octanol–water partition coefficient (Wildman–Crippen LogP) is 23.0. The molecule has 0 aliphatic heterocycles. The lowest BCUT2D eigenvalue weighted by Crippen LogP contribution is -2.18. The first-order valence-electron chi connectivity index (χ1n) is 34.9. The van der Waals surface area contributed by atoms with Gasteiger partial charge in [0.05, 0.1) is 0 Å². The standard InChI is InChI=1S/C18H23N.C15H25N.C14H22.C13H20ClN.2C12H18ClN/c1-14(2)11-18(13-19)17-10-6-9-16(12-17)15-7-4-3-5-8-15;1-11(2)8-15(10-16)14-7-5-6-13(9-14)12(3)4;1-4-13(10-12(2)3)11-14-8-6-5-7-9-14;1-10(2)6-12(9-15)7-11-4-3-5-13(14)8-11;1-9(2)7-11(8-14)10-3-5-12(13)6-4-10;1-9(2)6-11(8-14)10-4-3-5-12(13)7-10/h3-10,12,14,18H,11,13,19H2,1-2H3;5-7,9,11-12,15H,8,10,16H2,1-4H3;5-9,12-13H,4,10-11H2,1-3H3;3-5,8,10,12H,6-7,9,15H2,1-2H3;3-6,9,11H,7-8,14H2,1-2H3;3-5,7,9,11H,6,8,14H2,1-2H3. The second-order valence-electron chi connectivity index (χ2n) is 28.3. The fourth-order valence-electron chi connectivity index (χ4n) is 12.0. The van der Waals surface area contributed by atoms with Crippen LogP contribution in [0.2, 0.25) is 15.1 Å². The topological polar surface area (TPSA) is 130 Å². The molecule has 0 amide bonds. The fourth-order valence-corrected chi connectivity index (χ4v) is 12.5. The quantitative estimate of drug-likeness (QED) is 0.0334. The van der Waals surface area contributed by atoms with Gasteiger partial charge >= 0.3 is 0 Å². The molecule has 8 heteroatoms. The zero-order valence-corrected chi connectivity index (χ0v) is 62.0. The maximum Gasteiger partial charge on any atom is 0.0408 e. The van der Waals surface area contributed by atoms with Gasteiger partial charge in [-0.25, -0.2) is 0 Å². The number of benzene rings is 7. The van der Waals surface area contributed by atoms with E-state index in [-0.39, 0.29) is 0 Å². The Hall–Kier alpha value is -4.79. The van der Waals surface area contributed by atoms with Gasteiger partial charge in [-0.05, 0) is 247 Å². The molecule has 7 rings (SSSR count). The molecule has 0 aromatic heterocycles. The summed E-state index contributed by atoms with van der Waals surface area (Å²) in [6.45, 7) is 37.4. The minimum atomic E-state index is 0.439. The van der Waals surface area contributed by atoms with E-state index in [0.29, 0.717) is 78.2 Å². The maximum absolute atomic E-state index is 5.95. The minimum absolute atomic E-state index is 0.439. The molecule has 7 aromatic rings. The fraction of sp³-hybridized carbons (Fsp3) is 0.500. The summed E-state index contributed by atoms with van der Waals surface area (Å²) in [5.41, 5.74) is 41.2. The van der Waals surface area contributed by atoms with Gasteiger partial charge in [-0.3, -0.25) is 0 Å². The van der Waals surface area contributed by atoms with Crippen LogP contribution in [-0.2, 0) is 12.8 Å². The Morgan fingerprint density at radius 3 is 1.07 bits per heavy atom. The molecule has 0 saturated heterocycles. The molecule has 0 aliphatic rings. The van der Waals surface area contributed by atoms with Gasteiger partial charge in [-0.2, -0.15) is 0 Å². The van der Waals surface area contributed by atoms with E-state index in [1.165, 1.54) is 82.2 Å². The molecule has 92 heavy (non-hydrogen) atoms. The Balaban J connectivity index is 0.000000378. The van der Waals surface area contributed by atoms with Gasteiger partial charge in [-0.1, -0.05) is 291 Å². The van der Waals surface area contributed by atoms with Gasteiger partial charge in [-0.15, -0.1) is 0 Å². The number of hydrogen-bond acceptors (Lipinski definition) is 5. The van der Waals surface area contributed by atoms with E-state index in [2.05, 4.69) is 237 Å². The lowest BCUT2D eigenvalue weighted by molar-refractivity contribution is 0.396. The van der Waals surface area contributed by atoms with Crippen LogP contribution in [0.4, 0.5) is 0 Å². The highest BCUT2D eigenvalue weighted by molar-refractivity contribution is 6.31. The SMILES string of the molecule is CC(C)CC(CN)Cc1cccc(Cl)c1.CC(C)CC(CN)c1ccc(Cl)cc1.CC(C)CC(CN)c1cccc(-c2ccccc2)c1.CC(C)CC(CN)c1cccc(C(C)C)c1.CC(C)CC(CN)c1cccc(Cl)c1.CCC(Cc1ccccc1)CC(C)C. The summed E-state index contributed by atoms with van der Waals surface area (Å²) in [5, 5.41) is 2.39. The van der Waals surface area contributed by atoms with Gasteiger partial charge in [0, 0.05) is 15.1 Å². The summed E-state index contributed by atoms with van der Waals surface area (Å²) in [4.78, 5) is 0. The van der Waals surface area contributed by atoms with E-state index < -0.39 is 0 Å². The van der Waals surface area contributed by atoms with Crippen molar-refractivity contribution in [2.75, 3.05) is 32.7 Å². The average molecular weight is 1310 g/mol. The van der Waals surface area contributed by atoms with E-state index in [9.17, 15) is 0 Å². The molecular weight excluding hydrogens is 1190 g/mol. The molecule has 0 radical (unpaired) electrons. The van der Waals surface area contributed by atoms with Crippen LogP contribution in [-0.4, -0.2) is 32.7 Å². The van der Waals surface area contributed by atoms with Gasteiger partial charge in [0.1, 0.15) is 0 Å². The maximum atomic E-state index is 5.95. The van der Waals surface area contributed by atoms with Crippen molar-refractivity contribution in [1.82, 2.24) is 0 Å². The molecule has 0 saturated carbocycles. The number of halogens is 3. The molecule has 5 nitrogen and oxygen atoms in total. The Morgan fingerprint density at radius 2 is 0.641 bits per heavy atom. The van der Waals surface area contributed by atoms with Crippen molar-refractivity contribution in [3.8, 4) is 11.1 Å². The van der Waals surface area contributed by atoms with Crippen molar-refractivity contribution >= 4 is 34.8 Å². The largest absolute Gasteiger partial charge is 0.330 e. The first-order chi connectivity index (χ1) is 43.8. The van der Waals surface area contributed by atoms with Crippen LogP contribution in [0.3, 0.4) is 0 Å². The highest BCUT2D eigenvalue weighted by Crippen LogP contribution is 2.30. The van der Waals surface area contributed by atoms with E-state index in [1.54, 1.807) is 0 Å². The Bertz CT molecular complexity index is 2920. The van der Waals surface area contributed by atoms with Crippen LogP contribution < -0.4 is 28.7 Å². The van der Waals surface area contributed by atoms with E-state index in [1.807, 2.05) is 48.5 Å². The van der Waals surface area contributed by atoms with Gasteiger partial charge in [0.15, 0.2) is 0 Å². The van der Waals surface area contributed by atoms with Crippen molar-refractivity contribution in [3.05, 3.63) is 236 Å². The minimum Gasteiger partial charge on any atom is -0.330 e. The second-order valence-corrected chi connectivity index (χ2v) is 29.6. The Kier molecular flexibility index (Phi) is 43.4. The summed E-state index contributed by atoms with van der Waals surface area (Å²) in [6, 6.07) is 63.1. The molecule has 6 atom stereocenters. The third kappa shape index (κ3) is 36.2. The molecule has 7 aromatic carbocycles. The smallest absolute Gasteiger partial charge is 0.0408 e. The zero-order valence-electron chi connectivity index (χ0n) is 59.7. The summed E-state index contributed by atoms with van der Waals surface area (Å²) >= 11 is 17.7. The summed E-state index contributed by atoms with van der Waals surface area (Å²) in [6.07, 6.45) is 10.7. The highest BCUT2D eigenvalue weighted by Gasteiger charge is 2.17. The Morgan fingerprint density at radius 1 is 0.283 bits per heavy atom. The van der Waals surface area contributed by atoms with E-state index >= 15 is 0 Å². The number of nitrogens with two attached hydrogens (primary N) is 5. The van der Waals surface area contributed by atoms with Crippen LogP contribution in [0.15, 0.2) is 182 Å². The van der Waals surface area contributed by atoms with Gasteiger partial charge in [0.25, 0.3) is 0 Å². The molecular formula is C84H126Cl3N5. The lowest BCUT2D eigenvalue weighted by Gasteiger charge is -2.19. The first kappa shape index (κ1) is 83.3. The van der Waals surface area contributed by atoms with Crippen LogP contribution in [0.1, 0.15) is 217 Å². The number of hydrogen-bond donors (Lipinski definition) is 5. The molecule has 0 aliphatic carbocycles. The molecule has 0 fully saturated rings. The first-order valence-corrected chi connectivity index (χ1v) is 36.0. The van der Waals surface area contributed by atoms with Crippen LogP contribution in [0, 0.1) is 47.3 Å². The predicted molar refractivity (Wildman–Crippen MR) is 411 cm³/mol. The zero-order chi connectivity index (χ0) is 68.5. The van der Waals surface area contributed by atoms with Crippen molar-refractivity contribution in [3.63, 3.8) is 0 Å². The Labute approximate surface area is 578 Å². The van der Waals surface area contributed by atoms with Crippen LogP contribution in [0.5, 0.6) is 0 Å². The molecule has 0 heterocycles. The van der Waals surface area contributed by atoms with Crippen molar-refractivity contribution in [2.45, 2.75) is 191 Å². The van der Waals surface area contributed by atoms with Crippen molar-refractivity contribution < 1.29 is 0 Å². The summed E-state index contributed by atoms with van der Waals surface area (Å²) in [7, 11) is 0. The van der Waals surface area contributed by atoms with Crippen molar-refractivity contribution in [1.29, 1.82) is 0 Å². The number of rotatable bonds is 28. The molecule has 0 spiro atoms. The van der Waals surface area contributed by atoms with Gasteiger partial charge in [0.2, 0.25) is 0 Å². The molecule has 6 unspecified atom stereocenters. The van der Waals surface area contributed by atoms with E-state index in [4.69, 9.17) is 63.5 Å². The van der Waals surface area contributed by atoms with Crippen molar-refractivity contribution in [2.24, 2.45) is 76.0 Å². The second kappa shape index (κ2) is 48.0. The highest BCUT2D eigenvalue weighted by atomic mass is 35.5. The monoisotopic (exact) mass is 1310 g/mol. The van der Waals surface area contributed by atoms with Crippen LogP contribution in [0.25, 0.3) is 11.1 Å². The molecule has 0 bridgehead atoms. The molecule has 508 valence electrons. The van der Waals surface area contributed by atoms with Crippen LogP contribution >= 0.6 is 34.8 Å². The van der Waals surface area contributed by atoms with E-state index in [0.717, 1.165) is 72.2 Å². The molecule has 10 N–H and O–H groups in total. The summed E-state index contributed by atoms with van der Waals surface area (Å²) < 4.78 is 0. The third-order valence-corrected chi connectivity index (χ3v) is 17.4.